The molecule has 0 bridgehead atoms. The summed E-state index contributed by atoms with van der Waals surface area (Å²) in [7, 11) is -3.95. The van der Waals surface area contributed by atoms with Gasteiger partial charge >= 0.3 is 6.03 Å². The molecule has 3 aromatic rings. The molecule has 1 aromatic heterocycles. The number of sulfonamides is 1. The Hall–Kier alpha value is -3.17. The van der Waals surface area contributed by atoms with Crippen LogP contribution >= 0.6 is 0 Å². The average molecular weight is 412 g/mol. The van der Waals surface area contributed by atoms with Gasteiger partial charge in [-0.3, -0.25) is 0 Å². The van der Waals surface area contributed by atoms with E-state index in [1.54, 1.807) is 41.3 Å². The normalized spacial score (nSPS) is 14.2. The number of carbonyl (C=O) groups excluding carboxylic acids is 1. The number of aromatic nitrogens is 1. The molecule has 1 aliphatic rings. The number of amides is 2. The van der Waals surface area contributed by atoms with E-state index in [0.29, 0.717) is 24.2 Å². The molecule has 2 N–H and O–H groups in total. The van der Waals surface area contributed by atoms with Crippen LogP contribution in [0.15, 0.2) is 70.1 Å². The van der Waals surface area contributed by atoms with E-state index < -0.39 is 10.0 Å². The van der Waals surface area contributed by atoms with Gasteiger partial charge in [0, 0.05) is 37.3 Å². The molecule has 0 spiro atoms. The highest BCUT2D eigenvalue weighted by molar-refractivity contribution is 7.89. The summed E-state index contributed by atoms with van der Waals surface area (Å²) < 4.78 is 34.3. The van der Waals surface area contributed by atoms with Crippen molar-refractivity contribution < 1.29 is 17.6 Å². The third kappa shape index (κ3) is 4.15. The van der Waals surface area contributed by atoms with Crippen LogP contribution in [0.25, 0.3) is 22.8 Å². The lowest BCUT2D eigenvalue weighted by atomic mass is 10.2. The largest absolute Gasteiger partial charge is 0.435 e. The standard InChI is InChI=1S/C20H20N4O4S/c25-20-21-11-13-24(20)14-12-22-29(26,27)19-17(15-7-3-1-4-8-15)28-18(23-19)16-9-5-2-6-10-16/h1-10,22H,11-14H2,(H,21,25). The number of rotatable bonds is 7. The van der Waals surface area contributed by atoms with Crippen LogP contribution in [0.1, 0.15) is 0 Å². The maximum absolute atomic E-state index is 13.0. The number of hydrogen-bond donors (Lipinski definition) is 2. The zero-order valence-electron chi connectivity index (χ0n) is 15.5. The van der Waals surface area contributed by atoms with Gasteiger partial charge in [-0.25, -0.2) is 17.9 Å². The minimum Gasteiger partial charge on any atom is -0.435 e. The second kappa shape index (κ2) is 8.06. The minimum atomic E-state index is -3.95. The highest BCUT2D eigenvalue weighted by Crippen LogP contribution is 2.32. The van der Waals surface area contributed by atoms with Crippen molar-refractivity contribution in [2.24, 2.45) is 0 Å². The van der Waals surface area contributed by atoms with Gasteiger partial charge in [-0.2, -0.15) is 4.98 Å². The number of nitrogens with zero attached hydrogens (tertiary/aromatic N) is 2. The van der Waals surface area contributed by atoms with E-state index in [1.165, 1.54) is 0 Å². The van der Waals surface area contributed by atoms with Gasteiger partial charge in [0.1, 0.15) is 0 Å². The van der Waals surface area contributed by atoms with Gasteiger partial charge in [0.2, 0.25) is 10.9 Å². The maximum Gasteiger partial charge on any atom is 0.317 e. The molecule has 0 radical (unpaired) electrons. The molecule has 9 heteroatoms. The highest BCUT2D eigenvalue weighted by atomic mass is 32.2. The summed E-state index contributed by atoms with van der Waals surface area (Å²) in [6.07, 6.45) is 0. The molecule has 0 aliphatic carbocycles. The molecule has 1 fully saturated rings. The molecule has 4 rings (SSSR count). The second-order valence-electron chi connectivity index (χ2n) is 6.50. The van der Waals surface area contributed by atoms with Crippen molar-refractivity contribution in [3.63, 3.8) is 0 Å². The fourth-order valence-electron chi connectivity index (χ4n) is 3.07. The topological polar surface area (TPSA) is 105 Å². The Balaban J connectivity index is 1.63. The van der Waals surface area contributed by atoms with Crippen LogP contribution in [0.5, 0.6) is 0 Å². The first kappa shape index (κ1) is 19.2. The summed E-state index contributed by atoms with van der Waals surface area (Å²) in [5.41, 5.74) is 1.29. The Kier molecular flexibility index (Phi) is 5.32. The van der Waals surface area contributed by atoms with Crippen LogP contribution in [-0.2, 0) is 10.0 Å². The van der Waals surface area contributed by atoms with E-state index in [9.17, 15) is 13.2 Å². The van der Waals surface area contributed by atoms with E-state index in [0.717, 1.165) is 0 Å². The third-order valence-corrected chi connectivity index (χ3v) is 5.90. The van der Waals surface area contributed by atoms with Crippen molar-refractivity contribution in [2.75, 3.05) is 26.2 Å². The number of hydrogen-bond acceptors (Lipinski definition) is 5. The second-order valence-corrected chi connectivity index (χ2v) is 8.18. The lowest BCUT2D eigenvalue weighted by molar-refractivity contribution is 0.218. The Morgan fingerprint density at radius 1 is 1.03 bits per heavy atom. The lowest BCUT2D eigenvalue weighted by Gasteiger charge is -2.14. The van der Waals surface area contributed by atoms with Crippen LogP contribution in [-0.4, -0.2) is 50.5 Å². The van der Waals surface area contributed by atoms with Crippen LogP contribution in [0.2, 0.25) is 0 Å². The summed E-state index contributed by atoms with van der Waals surface area (Å²) >= 11 is 0. The first-order valence-electron chi connectivity index (χ1n) is 9.19. The Bertz CT molecular complexity index is 1100. The first-order chi connectivity index (χ1) is 14.0. The molecule has 0 unspecified atom stereocenters. The Morgan fingerprint density at radius 3 is 2.31 bits per heavy atom. The van der Waals surface area contributed by atoms with Gasteiger partial charge in [0.15, 0.2) is 5.76 Å². The fraction of sp³-hybridized carbons (Fsp3) is 0.200. The summed E-state index contributed by atoms with van der Waals surface area (Å²) in [5, 5.41) is 2.51. The molecule has 1 saturated heterocycles. The summed E-state index contributed by atoms with van der Waals surface area (Å²) in [5.74, 6) is 0.402. The maximum atomic E-state index is 13.0. The fourth-order valence-corrected chi connectivity index (χ4v) is 4.18. The Morgan fingerprint density at radius 2 is 1.69 bits per heavy atom. The van der Waals surface area contributed by atoms with Crippen molar-refractivity contribution in [1.29, 1.82) is 0 Å². The van der Waals surface area contributed by atoms with E-state index in [4.69, 9.17) is 4.42 Å². The van der Waals surface area contributed by atoms with Crippen molar-refractivity contribution >= 4 is 16.1 Å². The molecule has 0 atom stereocenters. The van der Waals surface area contributed by atoms with Crippen LogP contribution in [0.4, 0.5) is 4.79 Å². The van der Waals surface area contributed by atoms with Crippen LogP contribution in [0.3, 0.4) is 0 Å². The van der Waals surface area contributed by atoms with E-state index >= 15 is 0 Å². The van der Waals surface area contributed by atoms with Crippen LogP contribution < -0.4 is 10.0 Å². The minimum absolute atomic E-state index is 0.0809. The number of carbonyl (C=O) groups is 1. The number of oxazole rings is 1. The molecule has 150 valence electrons. The van der Waals surface area contributed by atoms with Crippen molar-refractivity contribution in [3.8, 4) is 22.8 Å². The SMILES string of the molecule is O=C1NCCN1CCNS(=O)(=O)c1nc(-c2ccccc2)oc1-c1ccccc1. The van der Waals surface area contributed by atoms with Gasteiger partial charge in [-0.15, -0.1) is 0 Å². The number of nitrogens with one attached hydrogen (secondary N) is 2. The smallest absolute Gasteiger partial charge is 0.317 e. The highest BCUT2D eigenvalue weighted by Gasteiger charge is 2.28. The zero-order chi connectivity index (χ0) is 20.3. The molecule has 29 heavy (non-hydrogen) atoms. The molecule has 8 nitrogen and oxygen atoms in total. The summed E-state index contributed by atoms with van der Waals surface area (Å²) in [6.45, 7) is 1.47. The van der Waals surface area contributed by atoms with E-state index in [-0.39, 0.29) is 35.8 Å². The molecule has 0 saturated carbocycles. The monoisotopic (exact) mass is 412 g/mol. The molecule has 1 aliphatic heterocycles. The van der Waals surface area contributed by atoms with Crippen LogP contribution in [0, 0.1) is 0 Å². The van der Waals surface area contributed by atoms with Gasteiger partial charge in [-0.05, 0) is 12.1 Å². The third-order valence-electron chi connectivity index (χ3n) is 4.53. The predicted molar refractivity (Wildman–Crippen MR) is 108 cm³/mol. The van der Waals surface area contributed by atoms with Gasteiger partial charge in [0.25, 0.3) is 10.0 Å². The van der Waals surface area contributed by atoms with Crippen molar-refractivity contribution in [2.45, 2.75) is 5.03 Å². The van der Waals surface area contributed by atoms with Gasteiger partial charge < -0.3 is 14.6 Å². The zero-order valence-corrected chi connectivity index (χ0v) is 16.4. The number of benzene rings is 2. The van der Waals surface area contributed by atoms with Gasteiger partial charge in [0.05, 0.1) is 0 Å². The molecule has 2 amide bonds. The van der Waals surface area contributed by atoms with E-state index in [1.807, 2.05) is 24.3 Å². The van der Waals surface area contributed by atoms with Crippen molar-refractivity contribution in [3.05, 3.63) is 60.7 Å². The lowest BCUT2D eigenvalue weighted by Crippen LogP contribution is -2.37. The molecular formula is C20H20N4O4S. The number of urea groups is 1. The average Bonchev–Trinajstić information content (AvgIpc) is 3.37. The first-order valence-corrected chi connectivity index (χ1v) is 10.7. The van der Waals surface area contributed by atoms with Gasteiger partial charge in [-0.1, -0.05) is 48.5 Å². The molecule has 2 aromatic carbocycles. The summed E-state index contributed by atoms with van der Waals surface area (Å²) in [4.78, 5) is 17.4. The predicted octanol–water partition coefficient (Wildman–Crippen LogP) is 2.31. The van der Waals surface area contributed by atoms with E-state index in [2.05, 4.69) is 15.0 Å². The quantitative estimate of drug-likeness (QED) is 0.620. The van der Waals surface area contributed by atoms with Crippen molar-refractivity contribution in [1.82, 2.24) is 19.9 Å². The summed E-state index contributed by atoms with van der Waals surface area (Å²) in [6, 6.07) is 17.9. The molecule has 2 heterocycles. The molecular weight excluding hydrogens is 392 g/mol. The Labute approximate surface area is 168 Å².